The van der Waals surface area contributed by atoms with Crippen LogP contribution in [0.15, 0.2) is 18.2 Å². The molecule has 0 bridgehead atoms. The van der Waals surface area contributed by atoms with Gasteiger partial charge in [-0.1, -0.05) is 13.0 Å². The molecule has 0 spiro atoms. The van der Waals surface area contributed by atoms with Gasteiger partial charge in [0.05, 0.1) is 18.0 Å². The number of nitrogens with zero attached hydrogens (tertiary/aromatic N) is 1. The van der Waals surface area contributed by atoms with Crippen LogP contribution < -0.4 is 5.73 Å². The van der Waals surface area contributed by atoms with E-state index in [1.807, 2.05) is 19.1 Å². The number of aromatic nitrogens is 1. The van der Waals surface area contributed by atoms with E-state index in [4.69, 9.17) is 10.8 Å². The van der Waals surface area contributed by atoms with Crippen LogP contribution in [0.25, 0.3) is 0 Å². The van der Waals surface area contributed by atoms with Gasteiger partial charge in [0.2, 0.25) is 0 Å². The van der Waals surface area contributed by atoms with E-state index in [0.717, 1.165) is 12.1 Å². The summed E-state index contributed by atoms with van der Waals surface area (Å²) >= 11 is 0. The Balaban J connectivity index is 2.86. The predicted octanol–water partition coefficient (Wildman–Crippen LogP) is 0.984. The standard InChI is InChI=1S/C9H14N2O/c1-2-8(10)9-5-3-4-7(6-12)11-9/h3-5,8,12H,2,6,10H2,1H3/t8-/m0/s1. The molecule has 0 radical (unpaired) electrons. The smallest absolute Gasteiger partial charge is 0.0853 e. The van der Waals surface area contributed by atoms with Gasteiger partial charge in [0.15, 0.2) is 0 Å². The van der Waals surface area contributed by atoms with Crippen molar-refractivity contribution in [2.45, 2.75) is 26.0 Å². The van der Waals surface area contributed by atoms with Crippen molar-refractivity contribution in [3.8, 4) is 0 Å². The van der Waals surface area contributed by atoms with Crippen molar-refractivity contribution in [2.75, 3.05) is 0 Å². The molecule has 0 saturated heterocycles. The van der Waals surface area contributed by atoms with Crippen molar-refractivity contribution < 1.29 is 5.11 Å². The van der Waals surface area contributed by atoms with Crippen molar-refractivity contribution >= 4 is 0 Å². The van der Waals surface area contributed by atoms with E-state index < -0.39 is 0 Å². The first-order chi connectivity index (χ1) is 5.77. The minimum Gasteiger partial charge on any atom is -0.390 e. The highest BCUT2D eigenvalue weighted by Gasteiger charge is 2.04. The van der Waals surface area contributed by atoms with Gasteiger partial charge < -0.3 is 10.8 Å². The summed E-state index contributed by atoms with van der Waals surface area (Å²) in [6.07, 6.45) is 0.863. The van der Waals surface area contributed by atoms with Crippen LogP contribution in [0.3, 0.4) is 0 Å². The fourth-order valence-corrected chi connectivity index (χ4v) is 1.00. The number of aliphatic hydroxyl groups excluding tert-OH is 1. The summed E-state index contributed by atoms with van der Waals surface area (Å²) in [7, 11) is 0. The molecule has 66 valence electrons. The average Bonchev–Trinajstić information content (AvgIpc) is 2.17. The van der Waals surface area contributed by atoms with Gasteiger partial charge in [-0.25, -0.2) is 0 Å². The summed E-state index contributed by atoms with van der Waals surface area (Å²) in [5, 5.41) is 8.81. The van der Waals surface area contributed by atoms with Gasteiger partial charge >= 0.3 is 0 Å². The number of pyridine rings is 1. The second kappa shape index (κ2) is 4.18. The van der Waals surface area contributed by atoms with Crippen LogP contribution in [0.1, 0.15) is 30.8 Å². The van der Waals surface area contributed by atoms with Gasteiger partial charge in [0.25, 0.3) is 0 Å². The molecule has 1 aromatic heterocycles. The van der Waals surface area contributed by atoms with Crippen LogP contribution in [0.4, 0.5) is 0 Å². The minimum atomic E-state index is -0.0235. The molecular formula is C9H14N2O. The second-order valence-electron chi connectivity index (χ2n) is 2.73. The molecule has 0 unspecified atom stereocenters. The highest BCUT2D eigenvalue weighted by molar-refractivity contribution is 5.13. The SMILES string of the molecule is CC[C@H](N)c1cccc(CO)n1. The van der Waals surface area contributed by atoms with Crippen molar-refractivity contribution in [3.05, 3.63) is 29.6 Å². The second-order valence-corrected chi connectivity index (χ2v) is 2.73. The molecule has 3 heteroatoms. The molecule has 1 heterocycles. The zero-order valence-electron chi connectivity index (χ0n) is 7.20. The lowest BCUT2D eigenvalue weighted by molar-refractivity contribution is 0.276. The average molecular weight is 166 g/mol. The molecule has 0 amide bonds. The zero-order valence-corrected chi connectivity index (χ0v) is 7.20. The van der Waals surface area contributed by atoms with Crippen molar-refractivity contribution in [3.63, 3.8) is 0 Å². The molecule has 3 nitrogen and oxygen atoms in total. The maximum Gasteiger partial charge on any atom is 0.0853 e. The Morgan fingerprint density at radius 2 is 2.33 bits per heavy atom. The Hall–Kier alpha value is -0.930. The van der Waals surface area contributed by atoms with Crippen LogP contribution in [0.2, 0.25) is 0 Å². The first-order valence-corrected chi connectivity index (χ1v) is 4.10. The molecule has 1 aromatic rings. The van der Waals surface area contributed by atoms with Crippen LogP contribution in [0, 0.1) is 0 Å². The Bertz CT molecular complexity index is 250. The fourth-order valence-electron chi connectivity index (χ4n) is 1.00. The van der Waals surface area contributed by atoms with E-state index in [2.05, 4.69) is 4.98 Å². The summed E-state index contributed by atoms with van der Waals surface area (Å²) in [6, 6.07) is 5.51. The van der Waals surface area contributed by atoms with E-state index in [9.17, 15) is 0 Å². The molecule has 12 heavy (non-hydrogen) atoms. The fraction of sp³-hybridized carbons (Fsp3) is 0.444. The maximum atomic E-state index is 8.81. The minimum absolute atomic E-state index is 0.0171. The molecular weight excluding hydrogens is 152 g/mol. The van der Waals surface area contributed by atoms with Crippen molar-refractivity contribution in [1.82, 2.24) is 4.98 Å². The number of hydrogen-bond donors (Lipinski definition) is 2. The van der Waals surface area contributed by atoms with Crippen molar-refractivity contribution in [2.24, 2.45) is 5.73 Å². The Kier molecular flexibility index (Phi) is 3.19. The van der Waals surface area contributed by atoms with E-state index in [1.165, 1.54) is 0 Å². The lowest BCUT2D eigenvalue weighted by atomic mass is 10.1. The quantitative estimate of drug-likeness (QED) is 0.703. The van der Waals surface area contributed by atoms with Crippen LogP contribution in [-0.2, 0) is 6.61 Å². The summed E-state index contributed by atoms with van der Waals surface area (Å²) < 4.78 is 0. The van der Waals surface area contributed by atoms with Gasteiger partial charge in [-0.15, -0.1) is 0 Å². The molecule has 0 saturated carbocycles. The highest BCUT2D eigenvalue weighted by Crippen LogP contribution is 2.10. The largest absolute Gasteiger partial charge is 0.390 e. The first-order valence-electron chi connectivity index (χ1n) is 4.10. The lowest BCUT2D eigenvalue weighted by Crippen LogP contribution is -2.11. The molecule has 0 aromatic carbocycles. The number of aliphatic hydroxyl groups is 1. The number of hydrogen-bond acceptors (Lipinski definition) is 3. The van der Waals surface area contributed by atoms with E-state index in [1.54, 1.807) is 6.07 Å². The highest BCUT2D eigenvalue weighted by atomic mass is 16.3. The maximum absolute atomic E-state index is 8.81. The molecule has 0 aliphatic carbocycles. The molecule has 0 aliphatic rings. The molecule has 1 rings (SSSR count). The van der Waals surface area contributed by atoms with Gasteiger partial charge in [-0.2, -0.15) is 0 Å². The van der Waals surface area contributed by atoms with Gasteiger partial charge in [0, 0.05) is 6.04 Å². The van der Waals surface area contributed by atoms with E-state index in [-0.39, 0.29) is 12.6 Å². The Labute approximate surface area is 72.2 Å². The Morgan fingerprint density at radius 1 is 1.58 bits per heavy atom. The molecule has 3 N–H and O–H groups in total. The molecule has 0 aliphatic heterocycles. The van der Waals surface area contributed by atoms with Crippen LogP contribution in [0.5, 0.6) is 0 Å². The summed E-state index contributed by atoms with van der Waals surface area (Å²) in [5.74, 6) is 0. The normalized spacial score (nSPS) is 12.9. The van der Waals surface area contributed by atoms with E-state index >= 15 is 0 Å². The van der Waals surface area contributed by atoms with Crippen molar-refractivity contribution in [1.29, 1.82) is 0 Å². The third-order valence-corrected chi connectivity index (χ3v) is 1.81. The third kappa shape index (κ3) is 2.03. The number of rotatable bonds is 3. The summed E-state index contributed by atoms with van der Waals surface area (Å²) in [6.45, 7) is 1.99. The van der Waals surface area contributed by atoms with E-state index in [0.29, 0.717) is 5.69 Å². The van der Waals surface area contributed by atoms with Gasteiger partial charge in [0.1, 0.15) is 0 Å². The monoisotopic (exact) mass is 166 g/mol. The molecule has 0 fully saturated rings. The summed E-state index contributed by atoms with van der Waals surface area (Å²) in [5.41, 5.74) is 7.30. The van der Waals surface area contributed by atoms with Crippen LogP contribution >= 0.6 is 0 Å². The lowest BCUT2D eigenvalue weighted by Gasteiger charge is -2.08. The number of nitrogens with two attached hydrogens (primary N) is 1. The molecule has 1 atom stereocenters. The topological polar surface area (TPSA) is 59.1 Å². The zero-order chi connectivity index (χ0) is 8.97. The van der Waals surface area contributed by atoms with Gasteiger partial charge in [-0.3, -0.25) is 4.98 Å². The van der Waals surface area contributed by atoms with Gasteiger partial charge in [-0.05, 0) is 18.6 Å². The first kappa shape index (κ1) is 9.16. The Morgan fingerprint density at radius 3 is 2.92 bits per heavy atom. The summed E-state index contributed by atoms with van der Waals surface area (Å²) in [4.78, 5) is 4.19. The van der Waals surface area contributed by atoms with Crippen LogP contribution in [-0.4, -0.2) is 10.1 Å². The third-order valence-electron chi connectivity index (χ3n) is 1.81. The predicted molar refractivity (Wildman–Crippen MR) is 47.4 cm³/mol.